The van der Waals surface area contributed by atoms with Gasteiger partial charge in [-0.2, -0.15) is 0 Å². The van der Waals surface area contributed by atoms with E-state index in [0.29, 0.717) is 44.3 Å². The van der Waals surface area contributed by atoms with E-state index in [9.17, 15) is 9.59 Å². The van der Waals surface area contributed by atoms with E-state index in [1.54, 1.807) is 31.6 Å². The number of benzene rings is 2. The van der Waals surface area contributed by atoms with E-state index in [1.807, 2.05) is 56.3 Å². The average molecular weight is 493 g/mol. The fourth-order valence-electron chi connectivity index (χ4n) is 4.11. The topological polar surface area (TPSA) is 79.1 Å². The first-order valence-electron chi connectivity index (χ1n) is 11.5. The fraction of sp³-hybridized carbons (Fsp3) is 0.296. The first kappa shape index (κ1) is 24.5. The van der Waals surface area contributed by atoms with Gasteiger partial charge >= 0.3 is 5.97 Å². The number of rotatable bonds is 7. The van der Waals surface area contributed by atoms with Crippen molar-refractivity contribution < 1.29 is 19.0 Å². The number of para-hydroxylation sites is 1. The van der Waals surface area contributed by atoms with Crippen molar-refractivity contribution in [3.8, 4) is 11.5 Å². The zero-order valence-electron chi connectivity index (χ0n) is 20.5. The van der Waals surface area contributed by atoms with Gasteiger partial charge in [-0.1, -0.05) is 53.3 Å². The van der Waals surface area contributed by atoms with Gasteiger partial charge in [0, 0.05) is 5.56 Å². The van der Waals surface area contributed by atoms with Gasteiger partial charge in [-0.15, -0.1) is 0 Å². The number of fused-ring (bicyclic) bond motifs is 1. The quantitative estimate of drug-likeness (QED) is 0.472. The number of carbonyl (C=O) groups is 1. The number of thiazole rings is 1. The molecule has 7 nitrogen and oxygen atoms in total. The van der Waals surface area contributed by atoms with Crippen LogP contribution in [0.15, 0.2) is 63.5 Å². The maximum Gasteiger partial charge on any atom is 0.338 e. The van der Waals surface area contributed by atoms with Gasteiger partial charge in [-0.25, -0.2) is 9.79 Å². The predicted octanol–water partition coefficient (Wildman–Crippen LogP) is 3.51. The largest absolute Gasteiger partial charge is 0.493 e. The number of carbonyl (C=O) groups excluding carboxylic acids is 1. The molecule has 0 saturated carbocycles. The summed E-state index contributed by atoms with van der Waals surface area (Å²) in [5.41, 5.74) is 3.25. The molecule has 0 spiro atoms. The van der Waals surface area contributed by atoms with Crippen molar-refractivity contribution in [3.63, 3.8) is 0 Å². The summed E-state index contributed by atoms with van der Waals surface area (Å²) in [4.78, 5) is 32.0. The van der Waals surface area contributed by atoms with Crippen LogP contribution in [0, 0.1) is 6.92 Å². The van der Waals surface area contributed by atoms with Gasteiger partial charge in [0.15, 0.2) is 16.3 Å². The summed E-state index contributed by atoms with van der Waals surface area (Å²) in [6.07, 6.45) is 1.85. The molecule has 4 rings (SSSR count). The Labute approximate surface area is 207 Å². The Kier molecular flexibility index (Phi) is 7.21. The van der Waals surface area contributed by atoms with Gasteiger partial charge in [0.1, 0.15) is 6.04 Å². The van der Waals surface area contributed by atoms with Gasteiger partial charge in [0.2, 0.25) is 0 Å². The van der Waals surface area contributed by atoms with Crippen LogP contribution in [0.5, 0.6) is 11.5 Å². The summed E-state index contributed by atoms with van der Waals surface area (Å²) in [6, 6.07) is 12.6. The Hall–Kier alpha value is -3.65. The van der Waals surface area contributed by atoms with Crippen LogP contribution in [0.25, 0.3) is 6.08 Å². The van der Waals surface area contributed by atoms with Gasteiger partial charge in [0.05, 0.1) is 36.1 Å². The van der Waals surface area contributed by atoms with Crippen molar-refractivity contribution in [3.05, 3.63) is 90.1 Å². The highest BCUT2D eigenvalue weighted by Gasteiger charge is 2.35. The second-order valence-electron chi connectivity index (χ2n) is 8.02. The smallest absolute Gasteiger partial charge is 0.338 e. The highest BCUT2D eigenvalue weighted by molar-refractivity contribution is 7.07. The molecule has 1 atom stereocenters. The number of aromatic nitrogens is 1. The maximum absolute atomic E-state index is 13.8. The lowest BCUT2D eigenvalue weighted by molar-refractivity contribution is -0.139. The van der Waals surface area contributed by atoms with Crippen LogP contribution in [0.4, 0.5) is 0 Å². The number of esters is 1. The number of nitrogens with zero attached hydrogens (tertiary/aromatic N) is 2. The number of allylic oxidation sites excluding steroid dienone is 1. The minimum atomic E-state index is -0.776. The molecule has 8 heteroatoms. The first-order valence-corrected chi connectivity index (χ1v) is 12.3. The summed E-state index contributed by atoms with van der Waals surface area (Å²) >= 11 is 1.29. The Morgan fingerprint density at radius 1 is 1.11 bits per heavy atom. The summed E-state index contributed by atoms with van der Waals surface area (Å²) in [6.45, 7) is 7.99. The molecule has 1 aliphatic rings. The zero-order valence-corrected chi connectivity index (χ0v) is 21.3. The van der Waals surface area contributed by atoms with Gasteiger partial charge < -0.3 is 14.2 Å². The van der Waals surface area contributed by atoms with E-state index in [-0.39, 0.29) is 12.2 Å². The van der Waals surface area contributed by atoms with Crippen molar-refractivity contribution in [2.24, 2.45) is 4.99 Å². The molecule has 2 heterocycles. The summed E-state index contributed by atoms with van der Waals surface area (Å²) in [5, 5.41) is 0. The highest BCUT2D eigenvalue weighted by Crippen LogP contribution is 2.40. The first-order chi connectivity index (χ1) is 16.9. The molecular formula is C27H28N2O5S. The van der Waals surface area contributed by atoms with E-state index in [1.165, 1.54) is 11.3 Å². The predicted molar refractivity (Wildman–Crippen MR) is 136 cm³/mol. The molecule has 0 bridgehead atoms. The van der Waals surface area contributed by atoms with Crippen LogP contribution in [0.3, 0.4) is 0 Å². The number of hydrogen-bond acceptors (Lipinski definition) is 7. The normalized spacial score (nSPS) is 15.5. The van der Waals surface area contributed by atoms with Crippen molar-refractivity contribution in [1.82, 2.24) is 4.57 Å². The number of methoxy groups -OCH3 is 1. The molecule has 1 aromatic heterocycles. The lowest BCUT2D eigenvalue weighted by Gasteiger charge is -2.26. The molecule has 0 unspecified atom stereocenters. The summed E-state index contributed by atoms with van der Waals surface area (Å²) < 4.78 is 19.0. The van der Waals surface area contributed by atoms with Crippen molar-refractivity contribution in [2.75, 3.05) is 20.3 Å². The molecular weight excluding hydrogens is 464 g/mol. The minimum Gasteiger partial charge on any atom is -0.493 e. The Bertz CT molecular complexity index is 1460. The second kappa shape index (κ2) is 10.3. The summed E-state index contributed by atoms with van der Waals surface area (Å²) in [5.74, 6) is 0.480. The number of aryl methyl sites for hydroxylation is 1. The van der Waals surface area contributed by atoms with Crippen LogP contribution in [0.2, 0.25) is 0 Å². The third-order valence-electron chi connectivity index (χ3n) is 5.70. The molecule has 1 aliphatic heterocycles. The molecule has 0 saturated heterocycles. The molecule has 182 valence electrons. The van der Waals surface area contributed by atoms with E-state index in [2.05, 4.69) is 4.99 Å². The number of hydrogen-bond donors (Lipinski definition) is 0. The standard InChI is InChI=1S/C27H28N2O5S/c1-6-33-24-19(9-8-10-20(24)32-5)23-22(26(31)34-7-2)17(4)28-27-29(23)25(30)21(35-27)15-18-13-11-16(3)12-14-18/h8-15,23H,6-7H2,1-5H3/b21-15+/t23-/m1/s1. The van der Waals surface area contributed by atoms with Crippen LogP contribution in [0.1, 0.15) is 43.5 Å². The van der Waals surface area contributed by atoms with Crippen molar-refractivity contribution in [1.29, 1.82) is 0 Å². The maximum atomic E-state index is 13.8. The summed E-state index contributed by atoms with van der Waals surface area (Å²) in [7, 11) is 1.56. The second-order valence-corrected chi connectivity index (χ2v) is 9.03. The van der Waals surface area contributed by atoms with Gasteiger partial charge in [-0.3, -0.25) is 9.36 Å². The molecule has 0 N–H and O–H groups in total. The molecule has 0 amide bonds. The molecule has 0 aliphatic carbocycles. The Morgan fingerprint density at radius 3 is 2.51 bits per heavy atom. The van der Waals surface area contributed by atoms with E-state index in [4.69, 9.17) is 14.2 Å². The lowest BCUT2D eigenvalue weighted by atomic mass is 9.94. The Balaban J connectivity index is 2.01. The van der Waals surface area contributed by atoms with Crippen molar-refractivity contribution in [2.45, 2.75) is 33.7 Å². The monoisotopic (exact) mass is 492 g/mol. The minimum absolute atomic E-state index is 0.205. The van der Waals surface area contributed by atoms with Crippen LogP contribution in [-0.2, 0) is 9.53 Å². The molecule has 0 fully saturated rings. The van der Waals surface area contributed by atoms with Crippen LogP contribution in [-0.4, -0.2) is 30.9 Å². The molecule has 2 aromatic carbocycles. The number of ether oxygens (including phenoxy) is 3. The molecule has 3 aromatic rings. The van der Waals surface area contributed by atoms with Crippen LogP contribution < -0.4 is 24.4 Å². The average Bonchev–Trinajstić information content (AvgIpc) is 3.14. The van der Waals surface area contributed by atoms with Crippen LogP contribution >= 0.6 is 11.3 Å². The molecule has 0 radical (unpaired) electrons. The molecule has 35 heavy (non-hydrogen) atoms. The van der Waals surface area contributed by atoms with Crippen molar-refractivity contribution >= 4 is 23.4 Å². The third-order valence-corrected chi connectivity index (χ3v) is 6.69. The lowest BCUT2D eigenvalue weighted by Crippen LogP contribution is -2.40. The highest BCUT2D eigenvalue weighted by atomic mass is 32.1. The van der Waals surface area contributed by atoms with Gasteiger partial charge in [-0.05, 0) is 45.4 Å². The SMILES string of the molecule is CCOC(=O)C1=C(C)N=c2s/c(=C/c3ccc(C)cc3)c(=O)n2[C@@H]1c1cccc(OC)c1OCC. The Morgan fingerprint density at radius 2 is 1.86 bits per heavy atom. The fourth-order valence-corrected chi connectivity index (χ4v) is 5.15. The van der Waals surface area contributed by atoms with E-state index < -0.39 is 12.0 Å². The third kappa shape index (κ3) is 4.66. The zero-order chi connectivity index (χ0) is 25.1. The van der Waals surface area contributed by atoms with Gasteiger partial charge in [0.25, 0.3) is 5.56 Å². The van der Waals surface area contributed by atoms with E-state index in [0.717, 1.165) is 11.1 Å². The van der Waals surface area contributed by atoms with E-state index >= 15 is 0 Å².